The van der Waals surface area contributed by atoms with Crippen molar-refractivity contribution in [3.05, 3.63) is 46.8 Å². The van der Waals surface area contributed by atoms with Crippen LogP contribution in [0.2, 0.25) is 0 Å². The average molecular weight is 551 g/mol. The van der Waals surface area contributed by atoms with Gasteiger partial charge in [-0.05, 0) is 44.2 Å². The highest BCUT2D eigenvalue weighted by Gasteiger charge is 2.36. The van der Waals surface area contributed by atoms with Crippen molar-refractivity contribution in [2.45, 2.75) is 46.0 Å². The second-order valence-corrected chi connectivity index (χ2v) is 7.59. The summed E-state index contributed by atoms with van der Waals surface area (Å²) in [6, 6.07) is 6.02. The highest BCUT2D eigenvalue weighted by Crippen LogP contribution is 2.31. The fraction of sp³-hybridized carbons (Fsp3) is 0.524. The maximum absolute atomic E-state index is 13.1. The number of nitrogens with one attached hydrogen (secondary N) is 2. The number of ether oxygens (including phenoxy) is 1. The van der Waals surface area contributed by atoms with Crippen LogP contribution in [0.25, 0.3) is 0 Å². The molecule has 1 heterocycles. The molecule has 2 N–H and O–H groups in total. The lowest BCUT2D eigenvalue weighted by molar-refractivity contribution is -0.142. The molecule has 2 aromatic rings. The first-order valence-corrected chi connectivity index (χ1v) is 10.1. The van der Waals surface area contributed by atoms with Crippen molar-refractivity contribution >= 4 is 29.9 Å². The molecule has 10 heteroatoms. The number of aliphatic imine (C=N–C) groups is 1. The Morgan fingerprint density at radius 1 is 1.26 bits per heavy atom. The molecular formula is C21H29F3IN5O. The number of nitrogens with zero attached hydrogens (tertiary/aromatic N) is 3. The Labute approximate surface area is 197 Å². The Morgan fingerprint density at radius 3 is 2.65 bits per heavy atom. The summed E-state index contributed by atoms with van der Waals surface area (Å²) in [5.74, 6) is 1.91. The van der Waals surface area contributed by atoms with Crippen LogP contribution in [0.4, 0.5) is 13.2 Å². The van der Waals surface area contributed by atoms with Gasteiger partial charge < -0.3 is 15.4 Å². The largest absolute Gasteiger partial charge is 0.493 e. The normalized spacial score (nSPS) is 14.2. The Bertz CT molecular complexity index is 894. The number of halogens is 4. The standard InChI is InChI=1S/C21H28F3N5O.HI/c1-4-25-20(27-11-17-12-29(3)28-19(17)21(22,23)24)26-10-16-8-5-14(2)9-18(16)30-13-15-6-7-15;/h5,8-9,12,15H,4,6-7,10-11,13H2,1-3H3,(H2,25,26,27);1H. The SMILES string of the molecule is CCNC(=NCc1cn(C)nc1C(F)(F)F)NCc1ccc(C)cc1OCC1CC1.I. The van der Waals surface area contributed by atoms with Gasteiger partial charge in [-0.2, -0.15) is 18.3 Å². The molecule has 172 valence electrons. The number of aryl methyl sites for hydroxylation is 2. The predicted molar refractivity (Wildman–Crippen MR) is 125 cm³/mol. The van der Waals surface area contributed by atoms with E-state index in [-0.39, 0.29) is 36.1 Å². The van der Waals surface area contributed by atoms with E-state index < -0.39 is 11.9 Å². The topological polar surface area (TPSA) is 63.5 Å². The van der Waals surface area contributed by atoms with Crippen LogP contribution >= 0.6 is 24.0 Å². The highest BCUT2D eigenvalue weighted by molar-refractivity contribution is 14.0. The molecule has 0 atom stereocenters. The molecule has 1 fully saturated rings. The maximum atomic E-state index is 13.1. The van der Waals surface area contributed by atoms with Crippen LogP contribution < -0.4 is 15.4 Å². The minimum absolute atomic E-state index is 0. The van der Waals surface area contributed by atoms with E-state index >= 15 is 0 Å². The molecule has 0 radical (unpaired) electrons. The summed E-state index contributed by atoms with van der Waals surface area (Å²) in [5.41, 5.74) is 1.22. The zero-order valence-corrected chi connectivity index (χ0v) is 20.3. The monoisotopic (exact) mass is 551 g/mol. The number of guanidine groups is 1. The highest BCUT2D eigenvalue weighted by atomic mass is 127. The Hall–Kier alpha value is -1.98. The smallest absolute Gasteiger partial charge is 0.435 e. The lowest BCUT2D eigenvalue weighted by Crippen LogP contribution is -2.37. The molecule has 0 bridgehead atoms. The summed E-state index contributed by atoms with van der Waals surface area (Å²) in [7, 11) is 1.46. The number of hydrogen-bond acceptors (Lipinski definition) is 3. The first-order chi connectivity index (χ1) is 14.3. The molecule has 31 heavy (non-hydrogen) atoms. The molecule has 0 saturated heterocycles. The molecule has 0 unspecified atom stereocenters. The summed E-state index contributed by atoms with van der Waals surface area (Å²) in [4.78, 5) is 4.32. The molecule has 6 nitrogen and oxygen atoms in total. The summed E-state index contributed by atoms with van der Waals surface area (Å²) in [6.07, 6.45) is -0.733. The predicted octanol–water partition coefficient (Wildman–Crippen LogP) is 4.41. The van der Waals surface area contributed by atoms with Gasteiger partial charge in [0.05, 0.1) is 13.2 Å². The van der Waals surface area contributed by atoms with Crippen LogP contribution in [0.15, 0.2) is 29.4 Å². The Balaban J connectivity index is 0.00000341. The average Bonchev–Trinajstić information content (AvgIpc) is 3.43. The van der Waals surface area contributed by atoms with Crippen molar-refractivity contribution in [2.75, 3.05) is 13.2 Å². The quantitative estimate of drug-likeness (QED) is 0.290. The van der Waals surface area contributed by atoms with Crippen molar-refractivity contribution in [3.63, 3.8) is 0 Å². The second kappa shape index (κ2) is 11.1. The van der Waals surface area contributed by atoms with Crippen molar-refractivity contribution < 1.29 is 17.9 Å². The van der Waals surface area contributed by atoms with Crippen molar-refractivity contribution in [2.24, 2.45) is 18.0 Å². The molecule has 1 aliphatic carbocycles. The number of benzene rings is 1. The van der Waals surface area contributed by atoms with Gasteiger partial charge in [-0.25, -0.2) is 4.99 Å². The van der Waals surface area contributed by atoms with Crippen molar-refractivity contribution in [1.82, 2.24) is 20.4 Å². The molecular weight excluding hydrogens is 522 g/mol. The summed E-state index contributed by atoms with van der Waals surface area (Å²) in [5, 5.41) is 9.78. The third kappa shape index (κ3) is 7.58. The number of rotatable bonds is 8. The van der Waals surface area contributed by atoms with E-state index in [1.165, 1.54) is 26.1 Å². The van der Waals surface area contributed by atoms with E-state index in [4.69, 9.17) is 4.74 Å². The van der Waals surface area contributed by atoms with Crippen LogP contribution in [0.5, 0.6) is 5.75 Å². The third-order valence-electron chi connectivity index (χ3n) is 4.77. The molecule has 3 rings (SSSR count). The zero-order valence-electron chi connectivity index (χ0n) is 17.9. The lowest BCUT2D eigenvalue weighted by Gasteiger charge is -2.15. The summed E-state index contributed by atoms with van der Waals surface area (Å²) >= 11 is 0. The Morgan fingerprint density at radius 2 is 2.00 bits per heavy atom. The van der Waals surface area contributed by atoms with Gasteiger partial charge in [-0.1, -0.05) is 12.1 Å². The first-order valence-electron chi connectivity index (χ1n) is 10.1. The van der Waals surface area contributed by atoms with Gasteiger partial charge in [-0.3, -0.25) is 4.68 Å². The molecule has 1 aromatic carbocycles. The third-order valence-corrected chi connectivity index (χ3v) is 4.77. The minimum Gasteiger partial charge on any atom is -0.493 e. The molecule has 0 aliphatic heterocycles. The summed E-state index contributed by atoms with van der Waals surface area (Å²) in [6.45, 7) is 5.54. The van der Waals surface area contributed by atoms with Crippen LogP contribution in [-0.2, 0) is 26.3 Å². The van der Waals surface area contributed by atoms with Gasteiger partial charge >= 0.3 is 6.18 Å². The van der Waals surface area contributed by atoms with E-state index in [9.17, 15) is 13.2 Å². The van der Waals surface area contributed by atoms with Gasteiger partial charge in [-0.15, -0.1) is 24.0 Å². The second-order valence-electron chi connectivity index (χ2n) is 7.59. The minimum atomic E-state index is -4.51. The van der Waals surface area contributed by atoms with E-state index in [0.717, 1.165) is 21.6 Å². The van der Waals surface area contributed by atoms with E-state index in [2.05, 4.69) is 20.7 Å². The van der Waals surface area contributed by atoms with Crippen LogP contribution in [-0.4, -0.2) is 28.9 Å². The lowest BCUT2D eigenvalue weighted by atomic mass is 10.1. The molecule has 1 aromatic heterocycles. The molecule has 0 spiro atoms. The number of aromatic nitrogens is 2. The van der Waals surface area contributed by atoms with E-state index in [1.54, 1.807) is 0 Å². The van der Waals surface area contributed by atoms with Gasteiger partial charge in [0.15, 0.2) is 11.7 Å². The van der Waals surface area contributed by atoms with Crippen LogP contribution in [0.3, 0.4) is 0 Å². The van der Waals surface area contributed by atoms with Gasteiger partial charge in [0, 0.05) is 37.5 Å². The maximum Gasteiger partial charge on any atom is 0.435 e. The van der Waals surface area contributed by atoms with Gasteiger partial charge in [0.25, 0.3) is 0 Å². The first kappa shape index (κ1) is 25.3. The number of hydrogen-bond donors (Lipinski definition) is 2. The fourth-order valence-electron chi connectivity index (χ4n) is 3.01. The van der Waals surface area contributed by atoms with E-state index in [1.807, 2.05) is 32.0 Å². The summed E-state index contributed by atoms with van der Waals surface area (Å²) < 4.78 is 46.6. The zero-order chi connectivity index (χ0) is 21.7. The van der Waals surface area contributed by atoms with Gasteiger partial charge in [0.2, 0.25) is 0 Å². The van der Waals surface area contributed by atoms with Crippen molar-refractivity contribution in [3.8, 4) is 5.75 Å². The van der Waals surface area contributed by atoms with Crippen LogP contribution in [0.1, 0.15) is 42.1 Å². The number of alkyl halides is 3. The van der Waals surface area contributed by atoms with Crippen molar-refractivity contribution in [1.29, 1.82) is 0 Å². The molecule has 1 aliphatic rings. The van der Waals surface area contributed by atoms with Crippen LogP contribution in [0, 0.1) is 12.8 Å². The molecule has 1 saturated carbocycles. The van der Waals surface area contributed by atoms with Gasteiger partial charge in [0.1, 0.15) is 5.75 Å². The molecule has 0 amide bonds. The Kier molecular flexibility index (Phi) is 9.01. The van der Waals surface area contributed by atoms with E-state index in [0.29, 0.717) is 31.6 Å². The fourth-order valence-corrected chi connectivity index (χ4v) is 3.01.